The molecular formula is C17H26BrIN4. The van der Waals surface area contributed by atoms with E-state index in [4.69, 9.17) is 5.73 Å². The second-order valence-corrected chi connectivity index (χ2v) is 7.24. The number of anilines is 1. The molecule has 6 heteroatoms. The van der Waals surface area contributed by atoms with Crippen LogP contribution in [0.25, 0.3) is 0 Å². The number of nitrogens with zero attached hydrogens (tertiary/aromatic N) is 3. The van der Waals surface area contributed by atoms with E-state index in [1.165, 1.54) is 31.4 Å². The summed E-state index contributed by atoms with van der Waals surface area (Å²) < 4.78 is 1.13. The predicted molar refractivity (Wildman–Crippen MR) is 112 cm³/mol. The van der Waals surface area contributed by atoms with Gasteiger partial charge in [0, 0.05) is 42.9 Å². The largest absolute Gasteiger partial charge is 0.371 e. The Morgan fingerprint density at radius 1 is 1.13 bits per heavy atom. The highest BCUT2D eigenvalue weighted by Gasteiger charge is 2.23. The molecule has 0 amide bonds. The summed E-state index contributed by atoms with van der Waals surface area (Å²) in [6, 6.07) is 8.57. The Kier molecular flexibility index (Phi) is 7.46. The molecule has 0 saturated carbocycles. The van der Waals surface area contributed by atoms with Crippen LogP contribution in [0.5, 0.6) is 0 Å². The van der Waals surface area contributed by atoms with E-state index in [1.54, 1.807) is 0 Å². The van der Waals surface area contributed by atoms with Crippen LogP contribution in [0.1, 0.15) is 25.7 Å². The number of likely N-dealkylation sites (tertiary alicyclic amines) is 1. The molecule has 0 radical (unpaired) electrons. The smallest absolute Gasteiger partial charge is 0.191 e. The van der Waals surface area contributed by atoms with Crippen LogP contribution in [-0.2, 0) is 0 Å². The van der Waals surface area contributed by atoms with Crippen LogP contribution in [0.4, 0.5) is 5.69 Å². The van der Waals surface area contributed by atoms with Crippen molar-refractivity contribution >= 4 is 51.6 Å². The van der Waals surface area contributed by atoms with Gasteiger partial charge >= 0.3 is 0 Å². The first-order chi connectivity index (χ1) is 10.7. The fourth-order valence-corrected chi connectivity index (χ4v) is 3.58. The third-order valence-electron chi connectivity index (χ3n) is 4.67. The Balaban J connectivity index is 0.00000192. The SMILES string of the molecule is I.NC(=NCC1CCN(c2ccc(Br)cc2)C1)N1CCCCC1. The van der Waals surface area contributed by atoms with Gasteiger partial charge in [0.05, 0.1) is 0 Å². The Bertz CT molecular complexity index is 514. The number of guanidine groups is 1. The van der Waals surface area contributed by atoms with E-state index in [0.29, 0.717) is 5.92 Å². The fraction of sp³-hybridized carbons (Fsp3) is 0.588. The first-order valence-corrected chi connectivity index (χ1v) is 9.07. The molecule has 128 valence electrons. The summed E-state index contributed by atoms with van der Waals surface area (Å²) in [7, 11) is 0. The van der Waals surface area contributed by atoms with Gasteiger partial charge in [-0.1, -0.05) is 15.9 Å². The third kappa shape index (κ3) is 5.24. The standard InChI is InChI=1S/C17H25BrN4.HI/c18-15-4-6-16(7-5-15)22-11-8-14(13-22)12-20-17(19)21-9-2-1-3-10-21;/h4-7,14H,1-3,8-13H2,(H2,19,20);1H. The quantitative estimate of drug-likeness (QED) is 0.397. The molecule has 2 aliphatic heterocycles. The van der Waals surface area contributed by atoms with E-state index >= 15 is 0 Å². The lowest BCUT2D eigenvalue weighted by molar-refractivity contribution is 0.337. The van der Waals surface area contributed by atoms with Crippen molar-refractivity contribution < 1.29 is 0 Å². The maximum absolute atomic E-state index is 6.15. The molecule has 0 aromatic heterocycles. The monoisotopic (exact) mass is 492 g/mol. The Labute approximate surface area is 164 Å². The van der Waals surface area contributed by atoms with Crippen molar-refractivity contribution in [1.82, 2.24) is 4.90 Å². The van der Waals surface area contributed by atoms with Crippen molar-refractivity contribution in [3.05, 3.63) is 28.7 Å². The summed E-state index contributed by atoms with van der Waals surface area (Å²) >= 11 is 3.49. The lowest BCUT2D eigenvalue weighted by Crippen LogP contribution is -2.41. The number of hydrogen-bond acceptors (Lipinski definition) is 2. The molecule has 23 heavy (non-hydrogen) atoms. The summed E-state index contributed by atoms with van der Waals surface area (Å²) in [5.41, 5.74) is 7.45. The maximum Gasteiger partial charge on any atom is 0.191 e. The molecule has 2 N–H and O–H groups in total. The molecule has 2 aliphatic rings. The van der Waals surface area contributed by atoms with Gasteiger partial charge in [-0.05, 0) is 55.9 Å². The Morgan fingerprint density at radius 3 is 2.52 bits per heavy atom. The van der Waals surface area contributed by atoms with E-state index < -0.39 is 0 Å². The average molecular weight is 493 g/mol. The van der Waals surface area contributed by atoms with Gasteiger partial charge in [-0.25, -0.2) is 0 Å². The minimum atomic E-state index is 0. The molecule has 1 aromatic carbocycles. The zero-order valence-electron chi connectivity index (χ0n) is 13.5. The molecule has 0 aliphatic carbocycles. The summed E-state index contributed by atoms with van der Waals surface area (Å²) in [5, 5.41) is 0. The lowest BCUT2D eigenvalue weighted by atomic mass is 10.1. The summed E-state index contributed by atoms with van der Waals surface area (Å²) in [5.74, 6) is 1.37. The highest BCUT2D eigenvalue weighted by Crippen LogP contribution is 2.25. The number of halogens is 2. The number of aliphatic imine (C=N–C) groups is 1. The van der Waals surface area contributed by atoms with Gasteiger partial charge in [-0.2, -0.15) is 0 Å². The van der Waals surface area contributed by atoms with E-state index in [-0.39, 0.29) is 24.0 Å². The van der Waals surface area contributed by atoms with Crippen LogP contribution in [0, 0.1) is 5.92 Å². The van der Waals surface area contributed by atoms with Gasteiger partial charge in [0.15, 0.2) is 5.96 Å². The van der Waals surface area contributed by atoms with Gasteiger partial charge in [-0.3, -0.25) is 4.99 Å². The molecule has 1 unspecified atom stereocenters. The molecule has 1 aromatic rings. The number of benzene rings is 1. The fourth-order valence-electron chi connectivity index (χ4n) is 3.31. The minimum absolute atomic E-state index is 0. The van der Waals surface area contributed by atoms with Crippen molar-refractivity contribution in [3.63, 3.8) is 0 Å². The highest BCUT2D eigenvalue weighted by atomic mass is 127. The van der Waals surface area contributed by atoms with Crippen LogP contribution in [0.2, 0.25) is 0 Å². The molecule has 0 spiro atoms. The highest BCUT2D eigenvalue weighted by molar-refractivity contribution is 14.0. The van der Waals surface area contributed by atoms with E-state index in [2.05, 4.69) is 55.0 Å². The summed E-state index contributed by atoms with van der Waals surface area (Å²) in [4.78, 5) is 9.35. The molecular weight excluding hydrogens is 467 g/mol. The molecule has 2 heterocycles. The number of piperidine rings is 1. The number of rotatable bonds is 3. The van der Waals surface area contributed by atoms with Gasteiger partial charge in [0.25, 0.3) is 0 Å². The summed E-state index contributed by atoms with van der Waals surface area (Å²) in [6.45, 7) is 5.20. The maximum atomic E-state index is 6.15. The summed E-state index contributed by atoms with van der Waals surface area (Å²) in [6.07, 6.45) is 5.02. The molecule has 3 rings (SSSR count). The second-order valence-electron chi connectivity index (χ2n) is 6.32. The van der Waals surface area contributed by atoms with Crippen LogP contribution >= 0.6 is 39.9 Å². The Morgan fingerprint density at radius 2 is 1.83 bits per heavy atom. The van der Waals surface area contributed by atoms with Crippen LogP contribution in [0.3, 0.4) is 0 Å². The van der Waals surface area contributed by atoms with Crippen molar-refractivity contribution in [1.29, 1.82) is 0 Å². The van der Waals surface area contributed by atoms with E-state index in [1.807, 2.05) is 0 Å². The van der Waals surface area contributed by atoms with Crippen molar-refractivity contribution in [3.8, 4) is 0 Å². The number of nitrogens with two attached hydrogens (primary N) is 1. The molecule has 2 saturated heterocycles. The number of hydrogen-bond donors (Lipinski definition) is 1. The van der Waals surface area contributed by atoms with Gasteiger partial charge in [0.2, 0.25) is 0 Å². The van der Waals surface area contributed by atoms with E-state index in [9.17, 15) is 0 Å². The predicted octanol–water partition coefficient (Wildman–Crippen LogP) is 3.69. The second kappa shape index (κ2) is 9.11. The minimum Gasteiger partial charge on any atom is -0.371 e. The lowest BCUT2D eigenvalue weighted by Gasteiger charge is -2.27. The zero-order chi connectivity index (χ0) is 15.4. The molecule has 1 atom stereocenters. The van der Waals surface area contributed by atoms with Crippen LogP contribution < -0.4 is 10.6 Å². The molecule has 2 fully saturated rings. The zero-order valence-corrected chi connectivity index (χ0v) is 17.4. The van der Waals surface area contributed by atoms with E-state index in [0.717, 1.165) is 43.2 Å². The normalized spacial score (nSPS) is 22.1. The first kappa shape index (κ1) is 18.8. The average Bonchev–Trinajstić information content (AvgIpc) is 3.03. The molecule has 0 bridgehead atoms. The van der Waals surface area contributed by atoms with Crippen LogP contribution in [0.15, 0.2) is 33.7 Å². The first-order valence-electron chi connectivity index (χ1n) is 8.28. The van der Waals surface area contributed by atoms with Gasteiger partial charge in [-0.15, -0.1) is 24.0 Å². The Hall–Kier alpha value is -0.500. The van der Waals surface area contributed by atoms with Gasteiger partial charge < -0.3 is 15.5 Å². The topological polar surface area (TPSA) is 44.9 Å². The van der Waals surface area contributed by atoms with Gasteiger partial charge in [0.1, 0.15) is 0 Å². The molecule has 4 nitrogen and oxygen atoms in total. The van der Waals surface area contributed by atoms with Crippen molar-refractivity contribution in [2.24, 2.45) is 16.6 Å². The van der Waals surface area contributed by atoms with Crippen molar-refractivity contribution in [2.45, 2.75) is 25.7 Å². The third-order valence-corrected chi connectivity index (χ3v) is 5.20. The van der Waals surface area contributed by atoms with Crippen LogP contribution in [-0.4, -0.2) is 43.6 Å². The van der Waals surface area contributed by atoms with Crippen molar-refractivity contribution in [2.75, 3.05) is 37.6 Å².